The Labute approximate surface area is 190 Å². The van der Waals surface area contributed by atoms with Crippen LogP contribution in [0, 0.1) is 13.8 Å². The van der Waals surface area contributed by atoms with Gasteiger partial charge in [0.2, 0.25) is 0 Å². The van der Waals surface area contributed by atoms with Crippen molar-refractivity contribution in [3.63, 3.8) is 0 Å². The number of aromatic nitrogens is 4. The predicted octanol–water partition coefficient (Wildman–Crippen LogP) is 4.15. The third kappa shape index (κ3) is 4.60. The number of hydrogen-bond acceptors (Lipinski definition) is 5. The fourth-order valence-electron chi connectivity index (χ4n) is 3.67. The molecule has 1 amide bonds. The smallest absolute Gasteiger partial charge is 0.251 e. The first kappa shape index (κ1) is 21.8. The molecule has 0 aliphatic rings. The summed E-state index contributed by atoms with van der Waals surface area (Å²) in [7, 11) is 0. The van der Waals surface area contributed by atoms with Gasteiger partial charge < -0.3 is 15.3 Å². The number of carbonyl (C=O) groups excluding carboxylic acids is 1. The number of hydrogen-bond donors (Lipinski definition) is 3. The van der Waals surface area contributed by atoms with E-state index in [1.54, 1.807) is 30.2 Å². The Morgan fingerprint density at radius 3 is 2.78 bits per heavy atom. The average molecular weight is 448 g/mol. The van der Waals surface area contributed by atoms with Crippen molar-refractivity contribution in [1.29, 1.82) is 0 Å². The zero-order valence-electron chi connectivity index (χ0n) is 18.2. The highest BCUT2D eigenvalue weighted by atomic mass is 32.2. The van der Waals surface area contributed by atoms with Gasteiger partial charge in [-0.15, -0.1) is 0 Å². The van der Waals surface area contributed by atoms with Crippen LogP contribution in [0.3, 0.4) is 0 Å². The van der Waals surface area contributed by atoms with E-state index < -0.39 is 6.04 Å². The van der Waals surface area contributed by atoms with Crippen LogP contribution >= 0.6 is 11.8 Å². The quantitative estimate of drug-likeness (QED) is 0.395. The highest BCUT2D eigenvalue weighted by molar-refractivity contribution is 7.98. The van der Waals surface area contributed by atoms with E-state index in [1.165, 1.54) is 6.07 Å². The molecule has 0 saturated heterocycles. The molecule has 1 aromatic carbocycles. The van der Waals surface area contributed by atoms with Crippen molar-refractivity contribution in [2.24, 2.45) is 0 Å². The van der Waals surface area contributed by atoms with E-state index in [2.05, 4.69) is 25.3 Å². The summed E-state index contributed by atoms with van der Waals surface area (Å²) in [5.41, 5.74) is 4.78. The first-order valence-electron chi connectivity index (χ1n) is 10.4. The lowest BCUT2D eigenvalue weighted by molar-refractivity contribution is 0.0935. The molecular formula is C24H25N5O2S. The Hall–Kier alpha value is -3.39. The van der Waals surface area contributed by atoms with Crippen LogP contribution in [0.5, 0.6) is 0 Å². The Balaban J connectivity index is 1.66. The lowest BCUT2D eigenvalue weighted by atomic mass is 10.1. The molecule has 164 valence electrons. The number of aryl methyl sites for hydroxylation is 2. The summed E-state index contributed by atoms with van der Waals surface area (Å²) in [4.78, 5) is 40.3. The normalized spacial score (nSPS) is 12.1. The minimum atomic E-state index is -0.391. The lowest BCUT2D eigenvalue weighted by Gasteiger charge is -2.19. The molecule has 3 N–H and O–H groups in total. The largest absolute Gasteiger partial charge is 0.358 e. The standard InChI is InChI=1S/C24H25N5O2S/c1-14-15(2)26-19-7-6-16(11-18(14)19)24(31)28-20(8-10-32-3)21-12-22(30)29-23(27-21)17-5-4-9-25-13-17/h4-7,9,11-13,20,26H,8,10H2,1-3H3,(H,28,31)(H,27,29,30). The van der Waals surface area contributed by atoms with Crippen LogP contribution in [-0.4, -0.2) is 37.9 Å². The number of aromatic amines is 2. The van der Waals surface area contributed by atoms with Gasteiger partial charge >= 0.3 is 0 Å². The minimum Gasteiger partial charge on any atom is -0.358 e. The molecule has 0 bridgehead atoms. The number of amides is 1. The molecule has 1 unspecified atom stereocenters. The van der Waals surface area contributed by atoms with Gasteiger partial charge in [0.15, 0.2) is 0 Å². The van der Waals surface area contributed by atoms with Crippen molar-refractivity contribution in [2.75, 3.05) is 12.0 Å². The van der Waals surface area contributed by atoms with Gasteiger partial charge in [0.1, 0.15) is 5.82 Å². The second-order valence-electron chi connectivity index (χ2n) is 7.70. The summed E-state index contributed by atoms with van der Waals surface area (Å²) in [5, 5.41) is 4.12. The number of thioether (sulfide) groups is 1. The molecular weight excluding hydrogens is 422 g/mol. The van der Waals surface area contributed by atoms with Gasteiger partial charge in [-0.1, -0.05) is 0 Å². The predicted molar refractivity (Wildman–Crippen MR) is 129 cm³/mol. The second-order valence-corrected chi connectivity index (χ2v) is 8.69. The van der Waals surface area contributed by atoms with Gasteiger partial charge in [0.05, 0.1) is 11.7 Å². The maximum atomic E-state index is 13.1. The van der Waals surface area contributed by atoms with Crippen LogP contribution in [0.25, 0.3) is 22.3 Å². The maximum Gasteiger partial charge on any atom is 0.251 e. The third-order valence-electron chi connectivity index (χ3n) is 5.54. The van der Waals surface area contributed by atoms with Crippen LogP contribution in [0.15, 0.2) is 53.6 Å². The summed E-state index contributed by atoms with van der Waals surface area (Å²) in [6, 6.07) is 10.3. The van der Waals surface area contributed by atoms with Crippen LogP contribution in [0.1, 0.15) is 39.8 Å². The van der Waals surface area contributed by atoms with E-state index in [1.807, 2.05) is 44.4 Å². The van der Waals surface area contributed by atoms with Gasteiger partial charge in [0.25, 0.3) is 11.5 Å². The molecule has 3 heterocycles. The fourth-order valence-corrected chi connectivity index (χ4v) is 4.14. The van der Waals surface area contributed by atoms with Gasteiger partial charge in [0, 0.05) is 46.2 Å². The van der Waals surface area contributed by atoms with Crippen molar-refractivity contribution in [3.8, 4) is 11.4 Å². The Bertz CT molecular complexity index is 1310. The molecule has 3 aromatic heterocycles. The number of pyridine rings is 1. The molecule has 0 fully saturated rings. The molecule has 4 rings (SSSR count). The van der Waals surface area contributed by atoms with E-state index >= 15 is 0 Å². The van der Waals surface area contributed by atoms with Crippen molar-refractivity contribution < 1.29 is 4.79 Å². The van der Waals surface area contributed by atoms with Crippen molar-refractivity contribution in [2.45, 2.75) is 26.3 Å². The molecule has 0 saturated carbocycles. The Morgan fingerprint density at radius 1 is 1.19 bits per heavy atom. The highest BCUT2D eigenvalue weighted by Crippen LogP contribution is 2.24. The number of fused-ring (bicyclic) bond motifs is 1. The molecule has 0 aliphatic heterocycles. The fraction of sp³-hybridized carbons (Fsp3) is 0.250. The van der Waals surface area contributed by atoms with E-state index in [0.717, 1.165) is 27.9 Å². The van der Waals surface area contributed by atoms with Gasteiger partial charge in [-0.3, -0.25) is 14.6 Å². The van der Waals surface area contributed by atoms with Gasteiger partial charge in [-0.2, -0.15) is 11.8 Å². The first-order chi connectivity index (χ1) is 15.5. The Kier molecular flexibility index (Phi) is 6.41. The topological polar surface area (TPSA) is 104 Å². The number of rotatable bonds is 7. The van der Waals surface area contributed by atoms with Crippen LogP contribution in [-0.2, 0) is 0 Å². The maximum absolute atomic E-state index is 13.1. The lowest BCUT2D eigenvalue weighted by Crippen LogP contribution is -2.30. The minimum absolute atomic E-state index is 0.193. The van der Waals surface area contributed by atoms with E-state index in [4.69, 9.17) is 0 Å². The number of nitrogens with one attached hydrogen (secondary N) is 3. The summed E-state index contributed by atoms with van der Waals surface area (Å²) in [5.74, 6) is 1.06. The summed E-state index contributed by atoms with van der Waals surface area (Å²) >= 11 is 1.68. The number of carbonyl (C=O) groups is 1. The van der Waals surface area contributed by atoms with Gasteiger partial charge in [-0.25, -0.2) is 4.98 Å². The molecule has 1 atom stereocenters. The van der Waals surface area contributed by atoms with E-state index in [0.29, 0.717) is 29.1 Å². The SMILES string of the molecule is CSCCC(NC(=O)c1ccc2[nH]c(C)c(C)c2c1)c1cc(=O)[nH]c(-c2cccnc2)n1. The molecule has 4 aromatic rings. The van der Waals surface area contributed by atoms with Crippen LogP contribution in [0.2, 0.25) is 0 Å². The molecule has 7 nitrogen and oxygen atoms in total. The molecule has 0 radical (unpaired) electrons. The third-order valence-corrected chi connectivity index (χ3v) is 6.18. The number of H-pyrrole nitrogens is 2. The molecule has 0 spiro atoms. The Morgan fingerprint density at radius 2 is 2.03 bits per heavy atom. The van der Waals surface area contributed by atoms with E-state index in [-0.39, 0.29) is 11.5 Å². The number of benzene rings is 1. The summed E-state index contributed by atoms with van der Waals surface area (Å²) in [6.07, 6.45) is 5.97. The average Bonchev–Trinajstić information content (AvgIpc) is 3.09. The van der Waals surface area contributed by atoms with Crippen molar-refractivity contribution in [1.82, 2.24) is 25.3 Å². The molecule has 32 heavy (non-hydrogen) atoms. The van der Waals surface area contributed by atoms with Crippen molar-refractivity contribution in [3.05, 3.63) is 81.7 Å². The summed E-state index contributed by atoms with van der Waals surface area (Å²) in [6.45, 7) is 4.06. The highest BCUT2D eigenvalue weighted by Gasteiger charge is 2.19. The van der Waals surface area contributed by atoms with Crippen molar-refractivity contribution >= 4 is 28.6 Å². The first-order valence-corrected chi connectivity index (χ1v) is 11.8. The van der Waals surface area contributed by atoms with Crippen LogP contribution < -0.4 is 10.9 Å². The number of nitrogens with zero attached hydrogens (tertiary/aromatic N) is 2. The molecule has 8 heteroatoms. The van der Waals surface area contributed by atoms with E-state index in [9.17, 15) is 9.59 Å². The van der Waals surface area contributed by atoms with Gasteiger partial charge in [-0.05, 0) is 68.2 Å². The molecule has 0 aliphatic carbocycles. The monoisotopic (exact) mass is 447 g/mol. The second kappa shape index (κ2) is 9.40. The zero-order chi connectivity index (χ0) is 22.7. The summed E-state index contributed by atoms with van der Waals surface area (Å²) < 4.78 is 0. The zero-order valence-corrected chi connectivity index (χ0v) is 19.0. The van der Waals surface area contributed by atoms with Crippen LogP contribution in [0.4, 0.5) is 0 Å².